The van der Waals surface area contributed by atoms with Crippen LogP contribution in [0.4, 0.5) is 0 Å². The van der Waals surface area contributed by atoms with Crippen molar-refractivity contribution in [2.45, 2.75) is 32.9 Å². The number of nitrogens with two attached hydrogens (primary N) is 1. The normalized spacial score (nSPS) is 12.2. The molecular weight excluding hydrogens is 350 g/mol. The van der Waals surface area contributed by atoms with Crippen LogP contribution in [0.15, 0.2) is 34.1 Å². The fraction of sp³-hybridized carbons (Fsp3) is 0.375. The van der Waals surface area contributed by atoms with Crippen LogP contribution in [0.1, 0.15) is 24.3 Å². The Bertz CT molecular complexity index is 583. The van der Waals surface area contributed by atoms with Crippen LogP contribution in [0.2, 0.25) is 0 Å². The number of hydrogen-bond donors (Lipinski definition) is 1. The SMILES string of the molecule is CCOc1cccc(CC(C)N)c1OCc1cc(Br)cs1. The number of thiophene rings is 1. The average Bonchev–Trinajstić information content (AvgIpc) is 2.83. The van der Waals surface area contributed by atoms with Crippen molar-refractivity contribution in [2.75, 3.05) is 6.61 Å². The van der Waals surface area contributed by atoms with Gasteiger partial charge in [-0.15, -0.1) is 11.3 Å². The van der Waals surface area contributed by atoms with E-state index in [1.165, 1.54) is 4.88 Å². The minimum atomic E-state index is 0.0834. The van der Waals surface area contributed by atoms with Crippen LogP contribution in [-0.2, 0) is 13.0 Å². The average molecular weight is 370 g/mol. The highest BCUT2D eigenvalue weighted by atomic mass is 79.9. The van der Waals surface area contributed by atoms with Gasteiger partial charge in [0, 0.05) is 20.8 Å². The Morgan fingerprint density at radius 2 is 2.14 bits per heavy atom. The summed E-state index contributed by atoms with van der Waals surface area (Å²) in [5.74, 6) is 1.59. The minimum absolute atomic E-state index is 0.0834. The van der Waals surface area contributed by atoms with Gasteiger partial charge in [0.1, 0.15) is 6.61 Å². The summed E-state index contributed by atoms with van der Waals surface area (Å²) < 4.78 is 12.8. The third-order valence-corrected chi connectivity index (χ3v) is 4.55. The van der Waals surface area contributed by atoms with Crippen LogP contribution >= 0.6 is 27.3 Å². The van der Waals surface area contributed by atoms with E-state index in [-0.39, 0.29) is 6.04 Å². The number of halogens is 1. The summed E-state index contributed by atoms with van der Waals surface area (Å²) in [5, 5.41) is 2.05. The smallest absolute Gasteiger partial charge is 0.164 e. The Morgan fingerprint density at radius 1 is 1.33 bits per heavy atom. The molecule has 0 fully saturated rings. The number of rotatable bonds is 7. The predicted octanol–water partition coefficient (Wildman–Crippen LogP) is 4.38. The van der Waals surface area contributed by atoms with Crippen LogP contribution in [0.5, 0.6) is 11.5 Å². The predicted molar refractivity (Wildman–Crippen MR) is 91.3 cm³/mol. The number of para-hydroxylation sites is 1. The molecule has 1 unspecified atom stereocenters. The molecule has 1 aromatic carbocycles. The van der Waals surface area contributed by atoms with Crippen molar-refractivity contribution in [2.24, 2.45) is 5.73 Å². The number of ether oxygens (including phenoxy) is 2. The molecule has 0 aliphatic rings. The van der Waals surface area contributed by atoms with Gasteiger partial charge in [-0.1, -0.05) is 12.1 Å². The minimum Gasteiger partial charge on any atom is -0.490 e. The fourth-order valence-corrected chi connectivity index (χ4v) is 3.44. The molecule has 21 heavy (non-hydrogen) atoms. The van der Waals surface area contributed by atoms with Gasteiger partial charge in [0.15, 0.2) is 11.5 Å². The lowest BCUT2D eigenvalue weighted by molar-refractivity contribution is 0.268. The molecule has 0 saturated carbocycles. The number of benzene rings is 1. The second-order valence-electron chi connectivity index (χ2n) is 4.88. The van der Waals surface area contributed by atoms with E-state index in [2.05, 4.69) is 27.4 Å². The summed E-state index contributed by atoms with van der Waals surface area (Å²) in [5.41, 5.74) is 7.02. The Hall–Kier alpha value is -1.04. The van der Waals surface area contributed by atoms with Crippen LogP contribution in [0.3, 0.4) is 0 Å². The van der Waals surface area contributed by atoms with Crippen molar-refractivity contribution in [3.8, 4) is 11.5 Å². The molecule has 2 rings (SSSR count). The van der Waals surface area contributed by atoms with E-state index in [4.69, 9.17) is 15.2 Å². The molecule has 0 aliphatic carbocycles. The quantitative estimate of drug-likeness (QED) is 0.787. The first-order chi connectivity index (χ1) is 10.1. The fourth-order valence-electron chi connectivity index (χ4n) is 2.07. The van der Waals surface area contributed by atoms with E-state index in [0.717, 1.165) is 28.0 Å². The van der Waals surface area contributed by atoms with E-state index in [1.54, 1.807) is 11.3 Å². The maximum Gasteiger partial charge on any atom is 0.164 e. The molecular formula is C16H20BrNO2S. The summed E-state index contributed by atoms with van der Waals surface area (Å²) in [7, 11) is 0. The summed E-state index contributed by atoms with van der Waals surface area (Å²) in [4.78, 5) is 1.17. The Morgan fingerprint density at radius 3 is 2.76 bits per heavy atom. The molecule has 114 valence electrons. The second-order valence-corrected chi connectivity index (χ2v) is 6.79. The van der Waals surface area contributed by atoms with E-state index in [0.29, 0.717) is 13.2 Å². The van der Waals surface area contributed by atoms with Crippen molar-refractivity contribution in [3.63, 3.8) is 0 Å². The van der Waals surface area contributed by atoms with Gasteiger partial charge < -0.3 is 15.2 Å². The van der Waals surface area contributed by atoms with Crippen molar-refractivity contribution in [1.29, 1.82) is 0 Å². The Labute approximate surface area is 138 Å². The monoisotopic (exact) mass is 369 g/mol. The van der Waals surface area contributed by atoms with Gasteiger partial charge in [-0.25, -0.2) is 0 Å². The van der Waals surface area contributed by atoms with E-state index >= 15 is 0 Å². The van der Waals surface area contributed by atoms with Crippen LogP contribution in [0.25, 0.3) is 0 Å². The summed E-state index contributed by atoms with van der Waals surface area (Å²) in [6.07, 6.45) is 0.768. The van der Waals surface area contributed by atoms with Gasteiger partial charge in [-0.2, -0.15) is 0 Å². The number of hydrogen-bond acceptors (Lipinski definition) is 4. The maximum atomic E-state index is 6.03. The van der Waals surface area contributed by atoms with Gasteiger partial charge in [0.05, 0.1) is 6.61 Å². The molecule has 5 heteroatoms. The van der Waals surface area contributed by atoms with Crippen LogP contribution in [-0.4, -0.2) is 12.6 Å². The zero-order valence-electron chi connectivity index (χ0n) is 12.3. The van der Waals surface area contributed by atoms with Crippen molar-refractivity contribution >= 4 is 27.3 Å². The molecule has 0 spiro atoms. The molecule has 0 radical (unpaired) electrons. The van der Waals surface area contributed by atoms with Gasteiger partial charge in [0.25, 0.3) is 0 Å². The Kier molecular flexibility index (Phi) is 6.08. The highest BCUT2D eigenvalue weighted by molar-refractivity contribution is 9.10. The molecule has 3 nitrogen and oxygen atoms in total. The maximum absolute atomic E-state index is 6.03. The standard InChI is InChI=1S/C16H20BrNO2S/c1-3-19-15-6-4-5-12(7-11(2)18)16(15)20-9-14-8-13(17)10-21-14/h4-6,8,10-11H,3,7,9,18H2,1-2H3. The molecule has 0 aliphatic heterocycles. The summed E-state index contributed by atoms with van der Waals surface area (Å²) in [6, 6.07) is 8.12. The van der Waals surface area contributed by atoms with E-state index in [9.17, 15) is 0 Å². The zero-order chi connectivity index (χ0) is 15.2. The van der Waals surface area contributed by atoms with Crippen LogP contribution < -0.4 is 15.2 Å². The first-order valence-electron chi connectivity index (χ1n) is 6.96. The van der Waals surface area contributed by atoms with Crippen molar-refractivity contribution in [3.05, 3.63) is 44.6 Å². The highest BCUT2D eigenvalue weighted by Crippen LogP contribution is 2.33. The molecule has 0 amide bonds. The molecule has 1 heterocycles. The van der Waals surface area contributed by atoms with Gasteiger partial charge >= 0.3 is 0 Å². The van der Waals surface area contributed by atoms with E-state index < -0.39 is 0 Å². The third-order valence-electron chi connectivity index (χ3n) is 2.88. The zero-order valence-corrected chi connectivity index (χ0v) is 14.7. The van der Waals surface area contributed by atoms with Gasteiger partial charge in [-0.3, -0.25) is 0 Å². The topological polar surface area (TPSA) is 44.5 Å². The molecule has 0 saturated heterocycles. The lowest BCUT2D eigenvalue weighted by atomic mass is 10.1. The Balaban J connectivity index is 2.20. The molecule has 2 N–H and O–H groups in total. The lowest BCUT2D eigenvalue weighted by Crippen LogP contribution is -2.18. The summed E-state index contributed by atoms with van der Waals surface area (Å²) >= 11 is 5.13. The first-order valence-corrected chi connectivity index (χ1v) is 8.63. The third kappa shape index (κ3) is 4.73. The highest BCUT2D eigenvalue weighted by Gasteiger charge is 2.13. The van der Waals surface area contributed by atoms with Crippen molar-refractivity contribution < 1.29 is 9.47 Å². The van der Waals surface area contributed by atoms with Crippen LogP contribution in [0, 0.1) is 0 Å². The second kappa shape index (κ2) is 7.82. The summed E-state index contributed by atoms with van der Waals surface area (Å²) in [6.45, 7) is 5.11. The lowest BCUT2D eigenvalue weighted by Gasteiger charge is -2.16. The van der Waals surface area contributed by atoms with Gasteiger partial charge in [-0.05, 0) is 53.9 Å². The molecule has 0 bridgehead atoms. The largest absolute Gasteiger partial charge is 0.490 e. The molecule has 1 aromatic heterocycles. The molecule has 1 atom stereocenters. The first kappa shape index (κ1) is 16.3. The van der Waals surface area contributed by atoms with Gasteiger partial charge in [0.2, 0.25) is 0 Å². The molecule has 2 aromatic rings. The van der Waals surface area contributed by atoms with E-state index in [1.807, 2.05) is 32.0 Å². The van der Waals surface area contributed by atoms with Crippen molar-refractivity contribution in [1.82, 2.24) is 0 Å².